The first-order valence-corrected chi connectivity index (χ1v) is 9.62. The van der Waals surface area contributed by atoms with Gasteiger partial charge in [0.15, 0.2) is 5.96 Å². The number of methoxy groups -OCH3 is 1. The standard InChI is InChI=1S/C20H35N3O4.HI/c1-5-25-14-12-22-20(21-11-6-13-26-16-15-24-4)23-18-7-9-19(10-8-18)27-17(2)3;/h7-10,17H,5-6,11-16H2,1-4H3,(H2,21,22,23);1H. The summed E-state index contributed by atoms with van der Waals surface area (Å²) in [6.07, 6.45) is 1.01. The van der Waals surface area contributed by atoms with Gasteiger partial charge in [0.2, 0.25) is 0 Å². The summed E-state index contributed by atoms with van der Waals surface area (Å²) in [5.74, 6) is 1.58. The monoisotopic (exact) mass is 509 g/mol. The molecule has 2 N–H and O–H groups in total. The maximum Gasteiger partial charge on any atom is 0.195 e. The Balaban J connectivity index is 0.00000729. The Kier molecular flexibility index (Phi) is 17.3. The summed E-state index contributed by atoms with van der Waals surface area (Å²) in [5, 5.41) is 6.60. The fourth-order valence-corrected chi connectivity index (χ4v) is 2.15. The Labute approximate surface area is 186 Å². The van der Waals surface area contributed by atoms with Crippen molar-refractivity contribution >= 4 is 35.6 Å². The van der Waals surface area contributed by atoms with E-state index in [0.29, 0.717) is 46.1 Å². The van der Waals surface area contributed by atoms with Crippen LogP contribution in [0.5, 0.6) is 5.75 Å². The molecule has 1 aromatic rings. The Bertz CT molecular complexity index is 513. The Morgan fingerprint density at radius 2 is 1.79 bits per heavy atom. The molecule has 8 heteroatoms. The van der Waals surface area contributed by atoms with Crippen LogP contribution in [0.3, 0.4) is 0 Å². The molecule has 162 valence electrons. The van der Waals surface area contributed by atoms with Gasteiger partial charge >= 0.3 is 0 Å². The molecule has 0 fully saturated rings. The zero-order valence-electron chi connectivity index (χ0n) is 17.5. The van der Waals surface area contributed by atoms with Crippen molar-refractivity contribution in [1.29, 1.82) is 0 Å². The van der Waals surface area contributed by atoms with Crippen molar-refractivity contribution in [2.24, 2.45) is 4.99 Å². The zero-order valence-corrected chi connectivity index (χ0v) is 19.9. The van der Waals surface area contributed by atoms with E-state index in [-0.39, 0.29) is 30.1 Å². The van der Waals surface area contributed by atoms with E-state index in [9.17, 15) is 0 Å². The SMILES string of the molecule is CCOCCNC(=NCCCOCCOC)Nc1ccc(OC(C)C)cc1.I. The highest BCUT2D eigenvalue weighted by molar-refractivity contribution is 14.0. The largest absolute Gasteiger partial charge is 0.491 e. The maximum absolute atomic E-state index is 5.67. The minimum Gasteiger partial charge on any atom is -0.491 e. The van der Waals surface area contributed by atoms with E-state index < -0.39 is 0 Å². The number of nitrogens with one attached hydrogen (secondary N) is 2. The van der Waals surface area contributed by atoms with Crippen molar-refractivity contribution in [1.82, 2.24) is 5.32 Å². The summed E-state index contributed by atoms with van der Waals surface area (Å²) in [5.41, 5.74) is 0.949. The van der Waals surface area contributed by atoms with Crippen LogP contribution in [0.25, 0.3) is 0 Å². The van der Waals surface area contributed by atoms with Crippen LogP contribution in [0.4, 0.5) is 5.69 Å². The van der Waals surface area contributed by atoms with E-state index in [2.05, 4.69) is 15.6 Å². The first-order valence-electron chi connectivity index (χ1n) is 9.62. The number of rotatable bonds is 14. The van der Waals surface area contributed by atoms with Gasteiger partial charge in [-0.2, -0.15) is 0 Å². The summed E-state index contributed by atoms with van der Waals surface area (Å²) in [7, 11) is 1.67. The topological polar surface area (TPSA) is 73.3 Å². The molecule has 1 rings (SSSR count). The lowest BCUT2D eigenvalue weighted by atomic mass is 10.3. The normalized spacial score (nSPS) is 11.2. The van der Waals surface area contributed by atoms with Gasteiger partial charge in [-0.05, 0) is 51.5 Å². The fourth-order valence-electron chi connectivity index (χ4n) is 2.15. The summed E-state index contributed by atoms with van der Waals surface area (Å²) >= 11 is 0. The molecule has 0 saturated heterocycles. The van der Waals surface area contributed by atoms with E-state index in [1.54, 1.807) is 7.11 Å². The lowest BCUT2D eigenvalue weighted by molar-refractivity contribution is 0.0702. The van der Waals surface area contributed by atoms with Crippen molar-refractivity contribution in [2.75, 3.05) is 58.6 Å². The minimum absolute atomic E-state index is 0. The second-order valence-electron chi connectivity index (χ2n) is 6.13. The number of nitrogens with zero attached hydrogens (tertiary/aromatic N) is 1. The fraction of sp³-hybridized carbons (Fsp3) is 0.650. The van der Waals surface area contributed by atoms with Crippen LogP contribution in [0.15, 0.2) is 29.3 Å². The average molecular weight is 509 g/mol. The van der Waals surface area contributed by atoms with Gasteiger partial charge in [-0.15, -0.1) is 24.0 Å². The molecule has 0 unspecified atom stereocenters. The van der Waals surface area contributed by atoms with Crippen molar-refractivity contribution in [3.8, 4) is 5.75 Å². The highest BCUT2D eigenvalue weighted by Gasteiger charge is 2.02. The summed E-state index contributed by atoms with van der Waals surface area (Å²) in [6.45, 7) is 10.6. The Hall–Kier alpha value is -1.10. The molecular weight excluding hydrogens is 473 g/mol. The predicted molar refractivity (Wildman–Crippen MR) is 125 cm³/mol. The minimum atomic E-state index is 0. The van der Waals surface area contributed by atoms with Crippen LogP contribution in [-0.4, -0.2) is 65.3 Å². The van der Waals surface area contributed by atoms with Crippen molar-refractivity contribution in [3.05, 3.63) is 24.3 Å². The van der Waals surface area contributed by atoms with Crippen molar-refractivity contribution < 1.29 is 18.9 Å². The van der Waals surface area contributed by atoms with E-state index in [1.165, 1.54) is 0 Å². The molecule has 0 atom stereocenters. The van der Waals surface area contributed by atoms with E-state index >= 15 is 0 Å². The van der Waals surface area contributed by atoms with E-state index in [1.807, 2.05) is 45.0 Å². The van der Waals surface area contributed by atoms with Crippen LogP contribution >= 0.6 is 24.0 Å². The number of halogens is 1. The van der Waals surface area contributed by atoms with Gasteiger partial charge < -0.3 is 29.6 Å². The lowest BCUT2D eigenvalue weighted by Gasteiger charge is -2.14. The second kappa shape index (κ2) is 18.0. The van der Waals surface area contributed by atoms with Crippen LogP contribution < -0.4 is 15.4 Å². The van der Waals surface area contributed by atoms with Crippen LogP contribution in [0.2, 0.25) is 0 Å². The number of hydrogen-bond donors (Lipinski definition) is 2. The summed E-state index contributed by atoms with van der Waals surface area (Å²) in [4.78, 5) is 4.60. The second-order valence-corrected chi connectivity index (χ2v) is 6.13. The van der Waals surface area contributed by atoms with Gasteiger partial charge in [0.05, 0.1) is 25.9 Å². The molecule has 0 heterocycles. The number of anilines is 1. The lowest BCUT2D eigenvalue weighted by Crippen LogP contribution is -2.33. The molecule has 7 nitrogen and oxygen atoms in total. The van der Waals surface area contributed by atoms with Crippen LogP contribution in [0, 0.1) is 0 Å². The molecule has 0 bridgehead atoms. The molecule has 0 aliphatic heterocycles. The molecular formula is C20H36IN3O4. The Morgan fingerprint density at radius 1 is 1.04 bits per heavy atom. The molecule has 0 saturated carbocycles. The zero-order chi connectivity index (χ0) is 19.7. The van der Waals surface area contributed by atoms with E-state index in [4.69, 9.17) is 18.9 Å². The van der Waals surface area contributed by atoms with Gasteiger partial charge in [-0.25, -0.2) is 0 Å². The number of aliphatic imine (C=N–C) groups is 1. The number of hydrogen-bond acceptors (Lipinski definition) is 5. The summed E-state index contributed by atoms with van der Waals surface area (Å²) < 4.78 is 21.5. The predicted octanol–water partition coefficient (Wildman–Crippen LogP) is 3.54. The molecule has 0 spiro atoms. The van der Waals surface area contributed by atoms with Gasteiger partial charge in [-0.3, -0.25) is 4.99 Å². The highest BCUT2D eigenvalue weighted by Crippen LogP contribution is 2.16. The van der Waals surface area contributed by atoms with Gasteiger partial charge in [0, 0.05) is 39.1 Å². The molecule has 0 aromatic heterocycles. The van der Waals surface area contributed by atoms with Gasteiger partial charge in [0.1, 0.15) is 5.75 Å². The molecule has 0 amide bonds. The highest BCUT2D eigenvalue weighted by atomic mass is 127. The summed E-state index contributed by atoms with van der Waals surface area (Å²) in [6, 6.07) is 7.85. The first kappa shape index (κ1) is 26.9. The first-order chi connectivity index (χ1) is 13.2. The molecule has 0 radical (unpaired) electrons. The molecule has 0 aliphatic rings. The average Bonchev–Trinajstić information content (AvgIpc) is 2.65. The molecule has 28 heavy (non-hydrogen) atoms. The number of benzene rings is 1. The molecule has 0 aliphatic carbocycles. The third-order valence-electron chi connectivity index (χ3n) is 3.38. The third-order valence-corrected chi connectivity index (χ3v) is 3.38. The third kappa shape index (κ3) is 14.0. The smallest absolute Gasteiger partial charge is 0.195 e. The number of ether oxygens (including phenoxy) is 4. The van der Waals surface area contributed by atoms with Crippen molar-refractivity contribution in [2.45, 2.75) is 33.3 Å². The molecule has 1 aromatic carbocycles. The van der Waals surface area contributed by atoms with Gasteiger partial charge in [0.25, 0.3) is 0 Å². The van der Waals surface area contributed by atoms with Crippen LogP contribution in [0.1, 0.15) is 27.2 Å². The quantitative estimate of drug-likeness (QED) is 0.173. The van der Waals surface area contributed by atoms with Crippen LogP contribution in [-0.2, 0) is 14.2 Å². The Morgan fingerprint density at radius 3 is 2.43 bits per heavy atom. The maximum atomic E-state index is 5.67. The van der Waals surface area contributed by atoms with Gasteiger partial charge in [-0.1, -0.05) is 0 Å². The van der Waals surface area contributed by atoms with Crippen molar-refractivity contribution in [3.63, 3.8) is 0 Å². The van der Waals surface area contributed by atoms with E-state index in [0.717, 1.165) is 23.8 Å². The number of guanidine groups is 1.